The molecule has 2 aromatic carbocycles. The van der Waals surface area contributed by atoms with Crippen molar-refractivity contribution < 1.29 is 0 Å². The van der Waals surface area contributed by atoms with E-state index in [1.165, 1.54) is 78.0 Å². The summed E-state index contributed by atoms with van der Waals surface area (Å²) in [6.45, 7) is 0. The van der Waals surface area contributed by atoms with Crippen molar-refractivity contribution in [2.75, 3.05) is 0 Å². The molecule has 0 spiro atoms. The number of aromatic nitrogens is 1. The van der Waals surface area contributed by atoms with Crippen LogP contribution in [0.5, 0.6) is 0 Å². The van der Waals surface area contributed by atoms with Gasteiger partial charge in [-0.25, -0.2) is 0 Å². The van der Waals surface area contributed by atoms with Crippen molar-refractivity contribution in [1.29, 1.82) is 0 Å². The Hall–Kier alpha value is -2.09. The minimum atomic E-state index is 0.617. The molecule has 122 valence electrons. The molecule has 0 N–H and O–H groups in total. The van der Waals surface area contributed by atoms with E-state index in [1.54, 1.807) is 0 Å². The molecule has 1 saturated carbocycles. The molecule has 2 radical (unpaired) electrons. The van der Waals surface area contributed by atoms with Crippen molar-refractivity contribution in [1.82, 2.24) is 4.98 Å². The van der Waals surface area contributed by atoms with E-state index >= 15 is 0 Å². The van der Waals surface area contributed by atoms with E-state index in [0.29, 0.717) is 5.59 Å². The topological polar surface area (TPSA) is 12.9 Å². The number of nitrogens with zero attached hydrogens (tertiary/aromatic N) is 1. The van der Waals surface area contributed by atoms with Crippen LogP contribution in [-0.4, -0.2) is 12.8 Å². The van der Waals surface area contributed by atoms with Crippen molar-refractivity contribution in [3.8, 4) is 11.3 Å². The highest BCUT2D eigenvalue weighted by Crippen LogP contribution is 2.37. The SMILES string of the molecule is [B]c1cc2cc(C3CCCC3)ccc2c(-c2ccc3c(c2)CCC3)n1. The quantitative estimate of drug-likeness (QED) is 0.615. The molecule has 0 amide bonds. The van der Waals surface area contributed by atoms with Gasteiger partial charge in [0.25, 0.3) is 0 Å². The first kappa shape index (κ1) is 15.2. The van der Waals surface area contributed by atoms with Crippen molar-refractivity contribution in [2.24, 2.45) is 0 Å². The molecule has 1 aromatic heterocycles. The summed E-state index contributed by atoms with van der Waals surface area (Å²) in [6.07, 6.45) is 9.05. The molecule has 2 heteroatoms. The van der Waals surface area contributed by atoms with E-state index in [9.17, 15) is 0 Å². The second kappa shape index (κ2) is 6.02. The van der Waals surface area contributed by atoms with Gasteiger partial charge in [-0.3, -0.25) is 4.98 Å². The number of rotatable bonds is 2. The minimum Gasteiger partial charge on any atom is -0.264 e. The number of aryl methyl sites for hydroxylation is 2. The lowest BCUT2D eigenvalue weighted by atomic mass is 9.91. The van der Waals surface area contributed by atoms with Gasteiger partial charge in [0, 0.05) is 10.9 Å². The number of pyridine rings is 1. The van der Waals surface area contributed by atoms with E-state index in [2.05, 4.69) is 36.4 Å². The van der Waals surface area contributed by atoms with Crippen LogP contribution in [0.3, 0.4) is 0 Å². The summed E-state index contributed by atoms with van der Waals surface area (Å²) in [5.41, 5.74) is 7.30. The average molecular weight is 323 g/mol. The summed E-state index contributed by atoms with van der Waals surface area (Å²) in [5.74, 6) is 0.724. The maximum Gasteiger partial charge on any atom is 0.141 e. The van der Waals surface area contributed by atoms with Gasteiger partial charge in [0.15, 0.2) is 0 Å². The van der Waals surface area contributed by atoms with Gasteiger partial charge in [-0.1, -0.05) is 43.2 Å². The highest BCUT2D eigenvalue weighted by atomic mass is 14.7. The lowest BCUT2D eigenvalue weighted by Crippen LogP contribution is -2.09. The van der Waals surface area contributed by atoms with Crippen LogP contribution in [-0.2, 0) is 12.8 Å². The van der Waals surface area contributed by atoms with Crippen molar-refractivity contribution in [3.63, 3.8) is 0 Å². The summed E-state index contributed by atoms with van der Waals surface area (Å²) >= 11 is 0. The number of benzene rings is 2. The maximum absolute atomic E-state index is 6.17. The highest BCUT2D eigenvalue weighted by Gasteiger charge is 2.18. The summed E-state index contributed by atoms with van der Waals surface area (Å²) < 4.78 is 0. The Morgan fingerprint density at radius 3 is 2.56 bits per heavy atom. The molecule has 1 nitrogen and oxygen atoms in total. The fourth-order valence-electron chi connectivity index (χ4n) is 4.75. The molecule has 5 rings (SSSR count). The van der Waals surface area contributed by atoms with Gasteiger partial charge in [-0.15, -0.1) is 0 Å². The first-order valence-electron chi connectivity index (χ1n) is 9.60. The second-order valence-corrected chi connectivity index (χ2v) is 7.69. The normalized spacial score (nSPS) is 17.3. The molecule has 0 saturated heterocycles. The molecule has 3 aromatic rings. The summed E-state index contributed by atoms with van der Waals surface area (Å²) in [6, 6.07) is 15.8. The van der Waals surface area contributed by atoms with E-state index in [1.807, 2.05) is 6.07 Å². The molecular weight excluding hydrogens is 301 g/mol. The number of fused-ring (bicyclic) bond motifs is 2. The van der Waals surface area contributed by atoms with Crippen molar-refractivity contribution in [3.05, 3.63) is 59.2 Å². The fraction of sp³-hybridized carbons (Fsp3) is 0.348. The highest BCUT2D eigenvalue weighted by molar-refractivity contribution is 6.32. The predicted octanol–water partition coefficient (Wildman–Crippen LogP) is 4.84. The zero-order chi connectivity index (χ0) is 16.8. The van der Waals surface area contributed by atoms with E-state index < -0.39 is 0 Å². The Balaban J connectivity index is 1.65. The van der Waals surface area contributed by atoms with Gasteiger partial charge in [-0.2, -0.15) is 0 Å². The Labute approximate surface area is 150 Å². The minimum absolute atomic E-state index is 0.617. The maximum atomic E-state index is 6.17. The van der Waals surface area contributed by atoms with Crippen molar-refractivity contribution in [2.45, 2.75) is 50.9 Å². The third-order valence-corrected chi connectivity index (χ3v) is 6.07. The number of hydrogen-bond donors (Lipinski definition) is 0. The zero-order valence-electron chi connectivity index (χ0n) is 14.6. The Morgan fingerprint density at radius 2 is 1.68 bits per heavy atom. The van der Waals surface area contributed by atoms with Gasteiger partial charge in [0.2, 0.25) is 0 Å². The smallest absolute Gasteiger partial charge is 0.141 e. The van der Waals surface area contributed by atoms with E-state index in [4.69, 9.17) is 12.8 Å². The monoisotopic (exact) mass is 323 g/mol. The Morgan fingerprint density at radius 1 is 0.840 bits per heavy atom. The van der Waals surface area contributed by atoms with Crippen LogP contribution in [0.15, 0.2) is 42.5 Å². The third kappa shape index (κ3) is 2.68. The summed E-state index contributed by atoms with van der Waals surface area (Å²) in [4.78, 5) is 4.70. The third-order valence-electron chi connectivity index (χ3n) is 6.07. The van der Waals surface area contributed by atoms with Crippen LogP contribution in [0, 0.1) is 0 Å². The standard InChI is InChI=1S/C23H22BN/c24-22-14-20-13-18(15-4-1-2-5-15)10-11-21(20)23(25-22)19-9-8-16-6-3-7-17(16)12-19/h8-15H,1-7H2. The van der Waals surface area contributed by atoms with Crippen LogP contribution in [0.1, 0.15) is 54.7 Å². The van der Waals surface area contributed by atoms with Gasteiger partial charge in [0.05, 0.1) is 5.69 Å². The van der Waals surface area contributed by atoms with Gasteiger partial charge >= 0.3 is 0 Å². The second-order valence-electron chi connectivity index (χ2n) is 7.69. The first-order chi connectivity index (χ1) is 12.3. The molecule has 0 bridgehead atoms. The van der Waals surface area contributed by atoms with Gasteiger partial charge < -0.3 is 0 Å². The number of hydrogen-bond acceptors (Lipinski definition) is 1. The predicted molar refractivity (Wildman–Crippen MR) is 106 cm³/mol. The molecule has 1 heterocycles. The molecule has 25 heavy (non-hydrogen) atoms. The van der Waals surface area contributed by atoms with Gasteiger partial charge in [-0.05, 0) is 77.8 Å². The zero-order valence-corrected chi connectivity index (χ0v) is 14.6. The van der Waals surface area contributed by atoms with E-state index in [0.717, 1.165) is 11.6 Å². The van der Waals surface area contributed by atoms with Gasteiger partial charge in [0.1, 0.15) is 7.85 Å². The Bertz CT molecular complexity index is 954. The van der Waals surface area contributed by atoms with Crippen LogP contribution in [0.4, 0.5) is 0 Å². The van der Waals surface area contributed by atoms with Crippen molar-refractivity contribution >= 4 is 24.2 Å². The van der Waals surface area contributed by atoms with Crippen LogP contribution >= 0.6 is 0 Å². The molecule has 2 aliphatic rings. The Kier molecular flexibility index (Phi) is 3.66. The first-order valence-corrected chi connectivity index (χ1v) is 9.60. The lowest BCUT2D eigenvalue weighted by molar-refractivity contribution is 0.724. The molecule has 0 atom stereocenters. The molecule has 1 fully saturated rings. The molecule has 0 aliphatic heterocycles. The van der Waals surface area contributed by atoms with E-state index in [-0.39, 0.29) is 0 Å². The fourth-order valence-corrected chi connectivity index (χ4v) is 4.75. The molecule has 0 unspecified atom stereocenters. The average Bonchev–Trinajstić information content (AvgIpc) is 3.31. The molecule has 2 aliphatic carbocycles. The summed E-state index contributed by atoms with van der Waals surface area (Å²) in [5, 5.41) is 2.45. The summed E-state index contributed by atoms with van der Waals surface area (Å²) in [7, 11) is 6.17. The van der Waals surface area contributed by atoms with Crippen LogP contribution in [0.25, 0.3) is 22.0 Å². The van der Waals surface area contributed by atoms with Crippen LogP contribution in [0.2, 0.25) is 0 Å². The lowest BCUT2D eigenvalue weighted by Gasteiger charge is -2.14. The largest absolute Gasteiger partial charge is 0.264 e. The molecular formula is C23H22BN. The van der Waals surface area contributed by atoms with Crippen LogP contribution < -0.4 is 5.59 Å².